The van der Waals surface area contributed by atoms with Gasteiger partial charge < -0.3 is 0 Å². The molecule has 0 fully saturated rings. The highest BCUT2D eigenvalue weighted by Crippen LogP contribution is 2.29. The maximum Gasteiger partial charge on any atom is 0.263 e. The SMILES string of the molecule is CS(=O)(=O)c1ccc2nc(NS(=O)(=O)c3ccc(I)cc3)sc2c1. The number of anilines is 1. The van der Waals surface area contributed by atoms with Gasteiger partial charge in [-0.25, -0.2) is 21.8 Å². The topological polar surface area (TPSA) is 93.2 Å². The molecule has 1 N–H and O–H groups in total. The van der Waals surface area contributed by atoms with Gasteiger partial charge in [-0.2, -0.15) is 0 Å². The first-order valence-corrected chi connectivity index (χ1v) is 11.8. The van der Waals surface area contributed by atoms with Gasteiger partial charge in [0.15, 0.2) is 15.0 Å². The van der Waals surface area contributed by atoms with Crippen LogP contribution in [-0.4, -0.2) is 28.1 Å². The Labute approximate surface area is 157 Å². The molecule has 2 aromatic carbocycles. The average Bonchev–Trinajstić information content (AvgIpc) is 2.87. The van der Waals surface area contributed by atoms with Crippen LogP contribution in [0.5, 0.6) is 0 Å². The van der Waals surface area contributed by atoms with Crippen LogP contribution in [0.15, 0.2) is 52.3 Å². The van der Waals surface area contributed by atoms with Crippen LogP contribution in [0.2, 0.25) is 0 Å². The molecule has 0 atom stereocenters. The van der Waals surface area contributed by atoms with E-state index in [2.05, 4.69) is 32.3 Å². The minimum atomic E-state index is -3.74. The van der Waals surface area contributed by atoms with Gasteiger partial charge in [0.1, 0.15) is 0 Å². The monoisotopic (exact) mass is 494 g/mol. The summed E-state index contributed by atoms with van der Waals surface area (Å²) in [6.45, 7) is 0. The number of sulfonamides is 1. The summed E-state index contributed by atoms with van der Waals surface area (Å²) in [4.78, 5) is 4.51. The Hall–Kier alpha value is -1.24. The molecule has 0 aliphatic carbocycles. The summed E-state index contributed by atoms with van der Waals surface area (Å²) in [6, 6.07) is 10.9. The maximum absolute atomic E-state index is 12.4. The molecule has 10 heteroatoms. The number of thiazole rings is 1. The van der Waals surface area contributed by atoms with E-state index in [-0.39, 0.29) is 14.9 Å². The second-order valence-electron chi connectivity index (χ2n) is 4.98. The highest BCUT2D eigenvalue weighted by molar-refractivity contribution is 14.1. The summed E-state index contributed by atoms with van der Waals surface area (Å²) >= 11 is 3.18. The molecule has 0 radical (unpaired) electrons. The van der Waals surface area contributed by atoms with E-state index in [4.69, 9.17) is 0 Å². The second-order valence-corrected chi connectivity index (χ2v) is 11.0. The fourth-order valence-electron chi connectivity index (χ4n) is 1.97. The van der Waals surface area contributed by atoms with Crippen molar-refractivity contribution in [2.75, 3.05) is 11.0 Å². The quantitative estimate of drug-likeness (QED) is 0.563. The molecule has 1 aromatic heterocycles. The molecule has 0 unspecified atom stereocenters. The van der Waals surface area contributed by atoms with Crippen molar-refractivity contribution in [2.24, 2.45) is 0 Å². The molecule has 3 aromatic rings. The molecule has 0 aliphatic rings. The van der Waals surface area contributed by atoms with Crippen molar-refractivity contribution in [2.45, 2.75) is 9.79 Å². The third kappa shape index (κ3) is 3.71. The van der Waals surface area contributed by atoms with E-state index >= 15 is 0 Å². The molecule has 0 aliphatic heterocycles. The number of hydrogen-bond donors (Lipinski definition) is 1. The Morgan fingerprint density at radius 2 is 1.62 bits per heavy atom. The second kappa shape index (κ2) is 6.24. The van der Waals surface area contributed by atoms with Crippen molar-refractivity contribution < 1.29 is 16.8 Å². The van der Waals surface area contributed by atoms with Crippen molar-refractivity contribution in [3.8, 4) is 0 Å². The van der Waals surface area contributed by atoms with Gasteiger partial charge in [0.2, 0.25) is 0 Å². The number of aromatic nitrogens is 1. The number of fused-ring (bicyclic) bond motifs is 1. The van der Waals surface area contributed by atoms with Gasteiger partial charge in [0, 0.05) is 9.83 Å². The zero-order valence-corrected chi connectivity index (χ0v) is 16.8. The Balaban J connectivity index is 1.97. The first-order valence-electron chi connectivity index (χ1n) is 6.54. The summed E-state index contributed by atoms with van der Waals surface area (Å²) in [7, 11) is -7.07. The molecule has 24 heavy (non-hydrogen) atoms. The number of benzene rings is 2. The molecule has 0 saturated heterocycles. The van der Waals surface area contributed by atoms with E-state index in [1.54, 1.807) is 18.2 Å². The zero-order valence-electron chi connectivity index (χ0n) is 12.2. The highest BCUT2D eigenvalue weighted by Gasteiger charge is 2.17. The lowest BCUT2D eigenvalue weighted by molar-refractivity contribution is 0.600. The summed E-state index contributed by atoms with van der Waals surface area (Å²) < 4.78 is 51.9. The van der Waals surface area contributed by atoms with E-state index in [0.29, 0.717) is 10.2 Å². The van der Waals surface area contributed by atoms with Crippen molar-refractivity contribution in [3.05, 3.63) is 46.0 Å². The third-order valence-corrected chi connectivity index (χ3v) is 7.38. The molecule has 0 saturated carbocycles. The number of sulfone groups is 1. The Kier molecular flexibility index (Phi) is 4.57. The van der Waals surface area contributed by atoms with E-state index < -0.39 is 19.9 Å². The van der Waals surface area contributed by atoms with Crippen LogP contribution in [0.4, 0.5) is 5.13 Å². The predicted octanol–water partition coefficient (Wildman–Crippen LogP) is 3.11. The molecule has 126 valence electrons. The minimum absolute atomic E-state index is 0.138. The van der Waals surface area contributed by atoms with Crippen LogP contribution in [0.3, 0.4) is 0 Å². The molecule has 0 amide bonds. The van der Waals surface area contributed by atoms with Crippen LogP contribution >= 0.6 is 33.9 Å². The number of rotatable bonds is 4. The summed E-state index contributed by atoms with van der Waals surface area (Å²) in [6.07, 6.45) is 1.12. The highest BCUT2D eigenvalue weighted by atomic mass is 127. The third-order valence-electron chi connectivity index (χ3n) is 3.13. The lowest BCUT2D eigenvalue weighted by Gasteiger charge is -2.04. The number of nitrogens with zero attached hydrogens (tertiary/aromatic N) is 1. The zero-order chi connectivity index (χ0) is 17.5. The molecule has 0 bridgehead atoms. The largest absolute Gasteiger partial charge is 0.263 e. The fourth-order valence-corrected chi connectivity index (χ4v) is 5.19. The first kappa shape index (κ1) is 17.6. The number of nitrogens with one attached hydrogen (secondary N) is 1. The van der Waals surface area contributed by atoms with Crippen LogP contribution < -0.4 is 4.72 Å². The average molecular weight is 494 g/mol. The van der Waals surface area contributed by atoms with E-state index in [1.807, 2.05) is 0 Å². The van der Waals surface area contributed by atoms with Crippen LogP contribution in [0.25, 0.3) is 10.2 Å². The Morgan fingerprint density at radius 1 is 1.00 bits per heavy atom. The van der Waals surface area contributed by atoms with E-state index in [0.717, 1.165) is 21.2 Å². The number of hydrogen-bond acceptors (Lipinski definition) is 6. The van der Waals surface area contributed by atoms with E-state index in [1.165, 1.54) is 24.3 Å². The molecule has 1 heterocycles. The van der Waals surface area contributed by atoms with E-state index in [9.17, 15) is 16.8 Å². The van der Waals surface area contributed by atoms with Gasteiger partial charge in [0.05, 0.1) is 20.0 Å². The van der Waals surface area contributed by atoms with Crippen molar-refractivity contribution >= 4 is 69.1 Å². The van der Waals surface area contributed by atoms with Gasteiger partial charge in [-0.3, -0.25) is 4.72 Å². The van der Waals surface area contributed by atoms with Crippen LogP contribution in [0.1, 0.15) is 0 Å². The van der Waals surface area contributed by atoms with Gasteiger partial charge in [0.25, 0.3) is 10.0 Å². The normalized spacial score (nSPS) is 12.4. The van der Waals surface area contributed by atoms with Gasteiger partial charge >= 0.3 is 0 Å². The van der Waals surface area contributed by atoms with Crippen molar-refractivity contribution in [1.29, 1.82) is 0 Å². The van der Waals surface area contributed by atoms with Gasteiger partial charge in [-0.1, -0.05) is 11.3 Å². The summed E-state index contributed by atoms with van der Waals surface area (Å²) in [5.41, 5.74) is 0.535. The summed E-state index contributed by atoms with van der Waals surface area (Å²) in [5.74, 6) is 0. The molecular formula is C14H11IN2O4S3. The predicted molar refractivity (Wildman–Crippen MR) is 103 cm³/mol. The summed E-state index contributed by atoms with van der Waals surface area (Å²) in [5, 5.41) is 0.189. The van der Waals surface area contributed by atoms with Crippen molar-refractivity contribution in [3.63, 3.8) is 0 Å². The van der Waals surface area contributed by atoms with Gasteiger partial charge in [-0.15, -0.1) is 0 Å². The van der Waals surface area contributed by atoms with Crippen molar-refractivity contribution in [1.82, 2.24) is 4.98 Å². The molecule has 6 nitrogen and oxygen atoms in total. The standard InChI is InChI=1S/C14H11IN2O4S3/c1-23(18,19)11-6-7-12-13(8-11)22-14(16-12)17-24(20,21)10-4-2-9(15)3-5-10/h2-8H,1H3,(H,16,17). The van der Waals surface area contributed by atoms with Crippen LogP contribution in [-0.2, 0) is 19.9 Å². The smallest absolute Gasteiger partial charge is 0.255 e. The lowest BCUT2D eigenvalue weighted by atomic mass is 10.3. The Bertz CT molecular complexity index is 1120. The fraction of sp³-hybridized carbons (Fsp3) is 0.0714. The first-order chi connectivity index (χ1) is 11.1. The Morgan fingerprint density at radius 3 is 2.25 bits per heavy atom. The van der Waals surface area contributed by atoms with Gasteiger partial charge in [-0.05, 0) is 65.1 Å². The minimum Gasteiger partial charge on any atom is -0.255 e. The maximum atomic E-state index is 12.4. The molecular weight excluding hydrogens is 483 g/mol. The lowest BCUT2D eigenvalue weighted by Crippen LogP contribution is -2.12. The van der Waals surface area contributed by atoms with Crippen LogP contribution in [0, 0.1) is 3.57 Å². The number of halogens is 1. The molecule has 3 rings (SSSR count). The molecule has 0 spiro atoms.